The summed E-state index contributed by atoms with van der Waals surface area (Å²) in [4.78, 5) is 8.26. The van der Waals surface area contributed by atoms with E-state index in [1.165, 1.54) is 6.20 Å². The highest BCUT2D eigenvalue weighted by Gasteiger charge is 2.38. The van der Waals surface area contributed by atoms with E-state index in [0.717, 1.165) is 6.92 Å². The first kappa shape index (κ1) is 15.7. The van der Waals surface area contributed by atoms with Gasteiger partial charge in [-0.3, -0.25) is 0 Å². The Morgan fingerprint density at radius 3 is 2.42 bits per heavy atom. The predicted octanol–water partition coefficient (Wildman–Crippen LogP) is 2.65. The maximum Gasteiger partial charge on any atom is 0.425 e. The van der Waals surface area contributed by atoms with Gasteiger partial charge in [0.25, 0.3) is 0 Å². The number of aromatic nitrogens is 2. The minimum atomic E-state index is -4.41. The van der Waals surface area contributed by atoms with Gasteiger partial charge >= 0.3 is 6.18 Å². The Balaban J connectivity index is 2.99. The third-order valence-electron chi connectivity index (χ3n) is 2.47. The van der Waals surface area contributed by atoms with Crippen LogP contribution in [0.25, 0.3) is 0 Å². The summed E-state index contributed by atoms with van der Waals surface area (Å²) in [6.45, 7) is 5.11. The molecule has 1 unspecified atom stereocenters. The van der Waals surface area contributed by atoms with Gasteiger partial charge in [0.2, 0.25) is 0 Å². The molecule has 1 atom stereocenters. The van der Waals surface area contributed by atoms with Gasteiger partial charge in [-0.15, -0.1) is 0 Å². The normalized spacial score (nSPS) is 13.7. The minimum Gasteiger partial charge on any atom is -0.478 e. The smallest absolute Gasteiger partial charge is 0.425 e. The summed E-state index contributed by atoms with van der Waals surface area (Å²) in [6, 6.07) is 0. The van der Waals surface area contributed by atoms with Crippen LogP contribution in [0.4, 0.5) is 13.2 Å². The largest absolute Gasteiger partial charge is 0.478 e. The zero-order chi connectivity index (χ0) is 14.6. The maximum atomic E-state index is 12.5. The Morgan fingerprint density at radius 1 is 1.32 bits per heavy atom. The van der Waals surface area contributed by atoms with Crippen molar-refractivity contribution in [1.82, 2.24) is 15.3 Å². The lowest BCUT2D eigenvalue weighted by Gasteiger charge is -2.19. The number of nitrogens with one attached hydrogen (secondary N) is 1. The Hall–Kier alpha value is -1.37. The number of rotatable bonds is 5. The van der Waals surface area contributed by atoms with Gasteiger partial charge in [-0.1, -0.05) is 13.8 Å². The summed E-state index contributed by atoms with van der Waals surface area (Å²) in [6.07, 6.45) is -5.00. The van der Waals surface area contributed by atoms with E-state index in [2.05, 4.69) is 15.3 Å². The van der Waals surface area contributed by atoms with E-state index in [4.69, 9.17) is 4.74 Å². The third-order valence-corrected chi connectivity index (χ3v) is 2.47. The summed E-state index contributed by atoms with van der Waals surface area (Å²) in [5.41, 5.74) is 0.428. The van der Waals surface area contributed by atoms with Gasteiger partial charge in [0.15, 0.2) is 11.9 Å². The van der Waals surface area contributed by atoms with Gasteiger partial charge in [-0.25, -0.2) is 9.97 Å². The van der Waals surface area contributed by atoms with Gasteiger partial charge in [0, 0.05) is 12.5 Å². The van der Waals surface area contributed by atoms with E-state index in [1.807, 2.05) is 13.8 Å². The first-order chi connectivity index (χ1) is 8.75. The quantitative estimate of drug-likeness (QED) is 0.898. The van der Waals surface area contributed by atoms with E-state index >= 15 is 0 Å². The molecule has 19 heavy (non-hydrogen) atoms. The number of hydrogen-bond donors (Lipinski definition) is 1. The van der Waals surface area contributed by atoms with Crippen molar-refractivity contribution < 1.29 is 17.9 Å². The molecule has 1 aromatic heterocycles. The van der Waals surface area contributed by atoms with Crippen LogP contribution in [-0.4, -0.2) is 29.3 Å². The first-order valence-electron chi connectivity index (χ1n) is 5.99. The topological polar surface area (TPSA) is 47.0 Å². The van der Waals surface area contributed by atoms with E-state index in [-0.39, 0.29) is 11.7 Å². The Labute approximate surface area is 110 Å². The zero-order valence-corrected chi connectivity index (χ0v) is 11.4. The molecule has 0 saturated carbocycles. The van der Waals surface area contributed by atoms with Gasteiger partial charge in [0.05, 0.1) is 11.9 Å². The minimum absolute atomic E-state index is 0.0589. The van der Waals surface area contributed by atoms with Crippen LogP contribution in [0.5, 0.6) is 5.75 Å². The molecule has 0 aliphatic carbocycles. The fourth-order valence-electron chi connectivity index (χ4n) is 1.35. The van der Waals surface area contributed by atoms with Crippen molar-refractivity contribution in [3.8, 4) is 5.75 Å². The standard InChI is InChI=1S/C12H18F3N3O/c1-7(2)11-17-6-10(9(18-11)5-16-4)19-8(3)12(13,14)15/h6-8,16H,5H2,1-4H3. The summed E-state index contributed by atoms with van der Waals surface area (Å²) >= 11 is 0. The maximum absolute atomic E-state index is 12.5. The van der Waals surface area contributed by atoms with Crippen LogP contribution in [0.3, 0.4) is 0 Å². The molecular formula is C12H18F3N3O. The van der Waals surface area contributed by atoms with Crippen LogP contribution in [0.15, 0.2) is 6.20 Å². The van der Waals surface area contributed by atoms with Crippen molar-refractivity contribution in [2.75, 3.05) is 7.05 Å². The van der Waals surface area contributed by atoms with E-state index in [1.54, 1.807) is 7.05 Å². The number of alkyl halides is 3. The van der Waals surface area contributed by atoms with Gasteiger partial charge < -0.3 is 10.1 Å². The molecule has 0 bridgehead atoms. The van der Waals surface area contributed by atoms with Crippen molar-refractivity contribution in [2.45, 2.75) is 45.5 Å². The van der Waals surface area contributed by atoms with Crippen molar-refractivity contribution in [3.05, 3.63) is 17.7 Å². The fourth-order valence-corrected chi connectivity index (χ4v) is 1.35. The van der Waals surface area contributed by atoms with E-state index < -0.39 is 12.3 Å². The van der Waals surface area contributed by atoms with Crippen molar-refractivity contribution >= 4 is 0 Å². The van der Waals surface area contributed by atoms with Crippen molar-refractivity contribution in [1.29, 1.82) is 0 Å². The number of nitrogens with zero attached hydrogens (tertiary/aromatic N) is 2. The van der Waals surface area contributed by atoms with Crippen LogP contribution < -0.4 is 10.1 Å². The van der Waals surface area contributed by atoms with Crippen LogP contribution in [0.2, 0.25) is 0 Å². The first-order valence-corrected chi connectivity index (χ1v) is 5.99. The molecule has 7 heteroatoms. The molecule has 1 heterocycles. The molecule has 0 radical (unpaired) electrons. The Bertz CT molecular complexity index is 421. The summed E-state index contributed by atoms with van der Waals surface area (Å²) < 4.78 is 42.3. The molecule has 0 fully saturated rings. The van der Waals surface area contributed by atoms with Gasteiger partial charge in [-0.2, -0.15) is 13.2 Å². The molecule has 1 rings (SSSR count). The zero-order valence-electron chi connectivity index (χ0n) is 11.4. The molecule has 0 saturated heterocycles. The lowest BCUT2D eigenvalue weighted by Crippen LogP contribution is -2.32. The van der Waals surface area contributed by atoms with Gasteiger partial charge in [-0.05, 0) is 14.0 Å². The summed E-state index contributed by atoms with van der Waals surface area (Å²) in [5.74, 6) is 0.741. The molecule has 1 N–H and O–H groups in total. The lowest BCUT2D eigenvalue weighted by molar-refractivity contribution is -0.189. The van der Waals surface area contributed by atoms with Crippen LogP contribution in [-0.2, 0) is 6.54 Å². The Morgan fingerprint density at radius 2 is 1.95 bits per heavy atom. The highest BCUT2D eigenvalue weighted by Crippen LogP contribution is 2.26. The number of ether oxygens (including phenoxy) is 1. The lowest BCUT2D eigenvalue weighted by atomic mass is 10.2. The molecule has 0 aromatic carbocycles. The second kappa shape index (κ2) is 6.18. The second-order valence-corrected chi connectivity index (χ2v) is 4.53. The Kier molecular flexibility index (Phi) is 5.11. The summed E-state index contributed by atoms with van der Waals surface area (Å²) in [5, 5.41) is 2.85. The van der Waals surface area contributed by atoms with Crippen molar-refractivity contribution in [2.24, 2.45) is 0 Å². The fraction of sp³-hybridized carbons (Fsp3) is 0.667. The number of hydrogen-bond acceptors (Lipinski definition) is 4. The molecular weight excluding hydrogens is 259 g/mol. The molecule has 1 aromatic rings. The SMILES string of the molecule is CNCc1nc(C(C)C)ncc1OC(C)C(F)(F)F. The van der Waals surface area contributed by atoms with Crippen LogP contribution in [0, 0.1) is 0 Å². The monoisotopic (exact) mass is 277 g/mol. The molecule has 0 aliphatic rings. The molecule has 0 aliphatic heterocycles. The van der Waals surface area contributed by atoms with Crippen molar-refractivity contribution in [3.63, 3.8) is 0 Å². The number of halogens is 3. The summed E-state index contributed by atoms with van der Waals surface area (Å²) in [7, 11) is 1.69. The molecule has 0 amide bonds. The predicted molar refractivity (Wildman–Crippen MR) is 65.0 cm³/mol. The third kappa shape index (κ3) is 4.34. The average molecular weight is 277 g/mol. The highest BCUT2D eigenvalue weighted by atomic mass is 19.4. The van der Waals surface area contributed by atoms with Gasteiger partial charge in [0.1, 0.15) is 5.82 Å². The van der Waals surface area contributed by atoms with E-state index in [9.17, 15) is 13.2 Å². The average Bonchev–Trinajstić information content (AvgIpc) is 2.30. The van der Waals surface area contributed by atoms with E-state index in [0.29, 0.717) is 18.1 Å². The highest BCUT2D eigenvalue weighted by molar-refractivity contribution is 5.25. The van der Waals surface area contributed by atoms with Crippen LogP contribution in [0.1, 0.15) is 38.2 Å². The van der Waals surface area contributed by atoms with Crippen LogP contribution >= 0.6 is 0 Å². The molecule has 108 valence electrons. The molecule has 0 spiro atoms. The second-order valence-electron chi connectivity index (χ2n) is 4.53. The molecule has 4 nitrogen and oxygen atoms in total.